The molecule has 92 valence electrons. The van der Waals surface area contributed by atoms with E-state index in [1.165, 1.54) is 7.11 Å². The molecule has 0 aromatic heterocycles. The van der Waals surface area contributed by atoms with Gasteiger partial charge in [-0.3, -0.25) is 0 Å². The van der Waals surface area contributed by atoms with E-state index in [0.717, 1.165) is 5.56 Å². The third-order valence-corrected chi connectivity index (χ3v) is 2.52. The van der Waals surface area contributed by atoms with Gasteiger partial charge in [-0.2, -0.15) is 0 Å². The maximum absolute atomic E-state index is 9.92. The van der Waals surface area contributed by atoms with Crippen LogP contribution in [0, 0.1) is 5.41 Å². The van der Waals surface area contributed by atoms with Crippen LogP contribution >= 0.6 is 12.4 Å². The summed E-state index contributed by atoms with van der Waals surface area (Å²) in [7, 11) is 1.53. The number of ether oxygens (including phenoxy) is 1. The van der Waals surface area contributed by atoms with Gasteiger partial charge in [-0.1, -0.05) is 32.9 Å². The standard InChI is InChI=1S/C12H19NO2.ClH/c1-12(2,3)11(13)8-6-5-7-9(15-4)10(8)14;/h5-7,11,14H,13H2,1-4H3;1H/t11-;/m1./s1. The predicted octanol–water partition coefficient (Wildman–Crippen LogP) is 2.87. The van der Waals surface area contributed by atoms with Gasteiger partial charge in [0.2, 0.25) is 0 Å². The molecule has 3 N–H and O–H groups in total. The zero-order chi connectivity index (χ0) is 11.6. The lowest BCUT2D eigenvalue weighted by molar-refractivity contribution is 0.311. The molecule has 4 heteroatoms. The topological polar surface area (TPSA) is 55.5 Å². The molecule has 0 radical (unpaired) electrons. The smallest absolute Gasteiger partial charge is 0.162 e. The van der Waals surface area contributed by atoms with Crippen LogP contribution in [0.25, 0.3) is 0 Å². The number of benzene rings is 1. The molecular formula is C12H20ClNO2. The van der Waals surface area contributed by atoms with Gasteiger partial charge >= 0.3 is 0 Å². The van der Waals surface area contributed by atoms with Gasteiger partial charge in [-0.05, 0) is 11.5 Å². The van der Waals surface area contributed by atoms with E-state index in [-0.39, 0.29) is 29.6 Å². The first-order valence-corrected chi connectivity index (χ1v) is 4.99. The van der Waals surface area contributed by atoms with Gasteiger partial charge in [0, 0.05) is 11.6 Å². The zero-order valence-electron chi connectivity index (χ0n) is 10.2. The van der Waals surface area contributed by atoms with Crippen LogP contribution in [0.3, 0.4) is 0 Å². The third kappa shape index (κ3) is 3.03. The van der Waals surface area contributed by atoms with Crippen molar-refractivity contribution < 1.29 is 9.84 Å². The highest BCUT2D eigenvalue weighted by Gasteiger charge is 2.25. The number of phenolic OH excluding ortho intramolecular Hbond substituents is 1. The largest absolute Gasteiger partial charge is 0.504 e. The van der Waals surface area contributed by atoms with E-state index in [1.807, 2.05) is 32.9 Å². The molecule has 3 nitrogen and oxygen atoms in total. The Morgan fingerprint density at radius 2 is 1.88 bits per heavy atom. The maximum atomic E-state index is 9.92. The maximum Gasteiger partial charge on any atom is 0.162 e. The molecule has 0 aliphatic carbocycles. The SMILES string of the molecule is COc1cccc([C@@H](N)C(C)(C)C)c1O.Cl. The summed E-state index contributed by atoms with van der Waals surface area (Å²) in [4.78, 5) is 0. The number of phenols is 1. The van der Waals surface area contributed by atoms with Gasteiger partial charge in [-0.25, -0.2) is 0 Å². The molecule has 1 aromatic carbocycles. The summed E-state index contributed by atoms with van der Waals surface area (Å²) < 4.78 is 5.04. The highest BCUT2D eigenvalue weighted by molar-refractivity contribution is 5.85. The van der Waals surface area contributed by atoms with Crippen LogP contribution in [0.5, 0.6) is 11.5 Å². The van der Waals surface area contributed by atoms with Gasteiger partial charge in [0.25, 0.3) is 0 Å². The molecule has 1 atom stereocenters. The van der Waals surface area contributed by atoms with Crippen molar-refractivity contribution in [1.82, 2.24) is 0 Å². The summed E-state index contributed by atoms with van der Waals surface area (Å²) in [6, 6.07) is 5.16. The number of aromatic hydroxyl groups is 1. The van der Waals surface area contributed by atoms with Crippen LogP contribution in [-0.4, -0.2) is 12.2 Å². The lowest BCUT2D eigenvalue weighted by atomic mass is 9.82. The van der Waals surface area contributed by atoms with Crippen molar-refractivity contribution in [2.24, 2.45) is 11.1 Å². The van der Waals surface area contributed by atoms with Crippen molar-refractivity contribution in [3.05, 3.63) is 23.8 Å². The van der Waals surface area contributed by atoms with Crippen LogP contribution in [0.15, 0.2) is 18.2 Å². The van der Waals surface area contributed by atoms with E-state index in [2.05, 4.69) is 0 Å². The lowest BCUT2D eigenvalue weighted by Crippen LogP contribution is -2.26. The Bertz CT molecular complexity index is 347. The van der Waals surface area contributed by atoms with Crippen molar-refractivity contribution in [3.8, 4) is 11.5 Å². The van der Waals surface area contributed by atoms with Crippen molar-refractivity contribution in [2.45, 2.75) is 26.8 Å². The summed E-state index contributed by atoms with van der Waals surface area (Å²) in [5.41, 5.74) is 6.71. The second kappa shape index (κ2) is 5.41. The first kappa shape index (κ1) is 15.1. The highest BCUT2D eigenvalue weighted by atomic mass is 35.5. The average molecular weight is 246 g/mol. The number of halogens is 1. The molecular weight excluding hydrogens is 226 g/mol. The lowest BCUT2D eigenvalue weighted by Gasteiger charge is -2.28. The molecule has 0 saturated heterocycles. The van der Waals surface area contributed by atoms with E-state index >= 15 is 0 Å². The first-order valence-electron chi connectivity index (χ1n) is 4.99. The summed E-state index contributed by atoms with van der Waals surface area (Å²) >= 11 is 0. The van der Waals surface area contributed by atoms with Gasteiger partial charge in [0.05, 0.1) is 7.11 Å². The molecule has 0 amide bonds. The molecule has 0 aliphatic heterocycles. The van der Waals surface area contributed by atoms with Crippen molar-refractivity contribution in [2.75, 3.05) is 7.11 Å². The number of hydrogen-bond donors (Lipinski definition) is 2. The Morgan fingerprint density at radius 1 is 1.31 bits per heavy atom. The van der Waals surface area contributed by atoms with Crippen LogP contribution in [0.1, 0.15) is 32.4 Å². The number of hydrogen-bond acceptors (Lipinski definition) is 3. The van der Waals surface area contributed by atoms with E-state index < -0.39 is 0 Å². The van der Waals surface area contributed by atoms with E-state index in [0.29, 0.717) is 5.75 Å². The third-order valence-electron chi connectivity index (χ3n) is 2.52. The minimum Gasteiger partial charge on any atom is -0.504 e. The fourth-order valence-corrected chi connectivity index (χ4v) is 1.42. The van der Waals surface area contributed by atoms with Gasteiger partial charge < -0.3 is 15.6 Å². The van der Waals surface area contributed by atoms with Crippen LogP contribution in [-0.2, 0) is 0 Å². The van der Waals surface area contributed by atoms with E-state index in [4.69, 9.17) is 10.5 Å². The van der Waals surface area contributed by atoms with Gasteiger partial charge in [0.1, 0.15) is 0 Å². The average Bonchev–Trinajstić information content (AvgIpc) is 2.16. The number of methoxy groups -OCH3 is 1. The Labute approximate surface area is 103 Å². The minimum atomic E-state index is -0.215. The van der Waals surface area contributed by atoms with E-state index in [1.54, 1.807) is 6.07 Å². The predicted molar refractivity (Wildman–Crippen MR) is 68.3 cm³/mol. The second-order valence-electron chi connectivity index (χ2n) is 4.74. The Balaban J connectivity index is 0.00000225. The zero-order valence-corrected chi connectivity index (χ0v) is 11.0. The molecule has 0 unspecified atom stereocenters. The second-order valence-corrected chi connectivity index (χ2v) is 4.74. The van der Waals surface area contributed by atoms with Gasteiger partial charge in [0.15, 0.2) is 11.5 Å². The molecule has 0 saturated carbocycles. The van der Waals surface area contributed by atoms with Crippen molar-refractivity contribution >= 4 is 12.4 Å². The van der Waals surface area contributed by atoms with Crippen molar-refractivity contribution in [1.29, 1.82) is 0 Å². The molecule has 0 heterocycles. The summed E-state index contributed by atoms with van der Waals surface area (Å²) in [5.74, 6) is 0.606. The summed E-state index contributed by atoms with van der Waals surface area (Å²) in [5, 5.41) is 9.92. The Kier molecular flexibility index (Phi) is 5.10. The minimum absolute atomic E-state index is 0. The van der Waals surface area contributed by atoms with Crippen LogP contribution < -0.4 is 10.5 Å². The summed E-state index contributed by atoms with van der Waals surface area (Å²) in [6.07, 6.45) is 0. The molecule has 16 heavy (non-hydrogen) atoms. The molecule has 0 fully saturated rings. The molecule has 0 spiro atoms. The number of para-hydroxylation sites is 1. The van der Waals surface area contributed by atoms with Crippen LogP contribution in [0.4, 0.5) is 0 Å². The molecule has 1 aromatic rings. The summed E-state index contributed by atoms with van der Waals surface area (Å²) in [6.45, 7) is 6.11. The normalized spacial score (nSPS) is 12.8. The first-order chi connectivity index (χ1) is 6.88. The Hall–Kier alpha value is -0.930. The fraction of sp³-hybridized carbons (Fsp3) is 0.500. The highest BCUT2D eigenvalue weighted by Crippen LogP contribution is 2.39. The van der Waals surface area contributed by atoms with E-state index in [9.17, 15) is 5.11 Å². The number of rotatable bonds is 2. The molecule has 0 bridgehead atoms. The van der Waals surface area contributed by atoms with Crippen LogP contribution in [0.2, 0.25) is 0 Å². The monoisotopic (exact) mass is 245 g/mol. The molecule has 1 rings (SSSR count). The number of nitrogens with two attached hydrogens (primary N) is 1. The quantitative estimate of drug-likeness (QED) is 0.843. The van der Waals surface area contributed by atoms with Gasteiger partial charge in [-0.15, -0.1) is 12.4 Å². The Morgan fingerprint density at radius 3 is 2.31 bits per heavy atom. The van der Waals surface area contributed by atoms with Crippen molar-refractivity contribution in [3.63, 3.8) is 0 Å². The molecule has 0 aliphatic rings. The fourth-order valence-electron chi connectivity index (χ4n) is 1.42.